The van der Waals surface area contributed by atoms with E-state index in [4.69, 9.17) is 5.11 Å². The Morgan fingerprint density at radius 2 is 1.76 bits per heavy atom. The Balaban J connectivity index is 2.07. The summed E-state index contributed by atoms with van der Waals surface area (Å²) < 4.78 is 0. The first-order valence-electron chi connectivity index (χ1n) is 6.36. The zero-order valence-corrected chi connectivity index (χ0v) is 11.0. The second-order valence-electron chi connectivity index (χ2n) is 4.58. The van der Waals surface area contributed by atoms with Crippen LogP contribution in [0.3, 0.4) is 0 Å². The molecule has 0 saturated heterocycles. The van der Waals surface area contributed by atoms with Gasteiger partial charge in [-0.25, -0.2) is 4.79 Å². The highest BCUT2D eigenvalue weighted by Crippen LogP contribution is 2.21. The monoisotopic (exact) mass is 280 g/mol. The number of nitrogens with one attached hydrogen (secondary N) is 2. The summed E-state index contributed by atoms with van der Waals surface area (Å²) >= 11 is 0. The maximum absolute atomic E-state index is 12.0. The van der Waals surface area contributed by atoms with E-state index in [0.29, 0.717) is 16.9 Å². The third kappa shape index (κ3) is 2.49. The standard InChI is InChI=1S/C16H12N2O3/c19-15-11-6-2-1-5-10(11)9-14(18-15)17-13-8-4-3-7-12(13)16(20)21/h1-9H,(H,20,21)(H2,17,18,19). The van der Waals surface area contributed by atoms with Crippen LogP contribution in [0.25, 0.3) is 10.8 Å². The molecule has 0 aliphatic heterocycles. The molecule has 0 atom stereocenters. The van der Waals surface area contributed by atoms with Crippen LogP contribution in [-0.4, -0.2) is 16.1 Å². The first kappa shape index (κ1) is 12.9. The summed E-state index contributed by atoms with van der Waals surface area (Å²) in [6.07, 6.45) is 0. The quantitative estimate of drug-likeness (QED) is 0.689. The van der Waals surface area contributed by atoms with Crippen molar-refractivity contribution in [2.75, 3.05) is 5.32 Å². The van der Waals surface area contributed by atoms with Gasteiger partial charge in [0.1, 0.15) is 5.82 Å². The lowest BCUT2D eigenvalue weighted by Gasteiger charge is -2.10. The van der Waals surface area contributed by atoms with Crippen molar-refractivity contribution < 1.29 is 9.90 Å². The zero-order valence-electron chi connectivity index (χ0n) is 11.0. The molecule has 0 saturated carbocycles. The van der Waals surface area contributed by atoms with Gasteiger partial charge >= 0.3 is 5.97 Å². The number of pyridine rings is 1. The Labute approximate surface area is 119 Å². The predicted molar refractivity (Wildman–Crippen MR) is 81.3 cm³/mol. The average Bonchev–Trinajstić information content (AvgIpc) is 2.47. The number of carbonyl (C=O) groups is 1. The molecule has 21 heavy (non-hydrogen) atoms. The van der Waals surface area contributed by atoms with E-state index >= 15 is 0 Å². The van der Waals surface area contributed by atoms with E-state index in [1.54, 1.807) is 36.4 Å². The van der Waals surface area contributed by atoms with Crippen molar-refractivity contribution >= 4 is 28.2 Å². The van der Waals surface area contributed by atoms with Crippen molar-refractivity contribution in [3.05, 3.63) is 70.5 Å². The Hall–Kier alpha value is -3.08. The van der Waals surface area contributed by atoms with E-state index in [1.807, 2.05) is 12.1 Å². The Bertz CT molecular complexity index is 884. The van der Waals surface area contributed by atoms with Crippen LogP contribution in [0.5, 0.6) is 0 Å². The first-order chi connectivity index (χ1) is 10.1. The molecule has 5 nitrogen and oxygen atoms in total. The van der Waals surface area contributed by atoms with Crippen molar-refractivity contribution in [3.8, 4) is 0 Å². The lowest BCUT2D eigenvalue weighted by molar-refractivity contribution is 0.0698. The van der Waals surface area contributed by atoms with E-state index in [2.05, 4.69) is 10.3 Å². The van der Waals surface area contributed by atoms with Crippen molar-refractivity contribution in [1.82, 2.24) is 4.98 Å². The Morgan fingerprint density at radius 1 is 1.05 bits per heavy atom. The minimum absolute atomic E-state index is 0.145. The van der Waals surface area contributed by atoms with E-state index < -0.39 is 5.97 Å². The summed E-state index contributed by atoms with van der Waals surface area (Å²) in [5.41, 5.74) is 0.353. The molecule has 3 aromatic rings. The highest BCUT2D eigenvalue weighted by molar-refractivity contribution is 5.95. The number of carboxylic acid groups (broad SMARTS) is 1. The normalized spacial score (nSPS) is 10.5. The van der Waals surface area contributed by atoms with Gasteiger partial charge in [0.2, 0.25) is 0 Å². The summed E-state index contributed by atoms with van der Waals surface area (Å²) in [5, 5.41) is 13.5. The molecule has 0 unspecified atom stereocenters. The number of anilines is 2. The molecule has 0 aliphatic carbocycles. The molecule has 104 valence electrons. The summed E-state index contributed by atoms with van der Waals surface area (Å²) in [6, 6.07) is 15.5. The summed E-state index contributed by atoms with van der Waals surface area (Å²) in [5.74, 6) is -0.575. The largest absolute Gasteiger partial charge is 0.478 e. The molecule has 0 spiro atoms. The molecule has 5 heteroatoms. The van der Waals surface area contributed by atoms with E-state index in [9.17, 15) is 9.59 Å². The second kappa shape index (κ2) is 5.13. The third-order valence-corrected chi connectivity index (χ3v) is 3.18. The van der Waals surface area contributed by atoms with Gasteiger partial charge < -0.3 is 15.4 Å². The molecule has 1 heterocycles. The second-order valence-corrected chi connectivity index (χ2v) is 4.58. The topological polar surface area (TPSA) is 82.2 Å². The summed E-state index contributed by atoms with van der Waals surface area (Å²) in [7, 11) is 0. The lowest BCUT2D eigenvalue weighted by Crippen LogP contribution is -2.10. The fraction of sp³-hybridized carbons (Fsp3) is 0. The van der Waals surface area contributed by atoms with Crippen molar-refractivity contribution in [2.45, 2.75) is 0 Å². The number of fused-ring (bicyclic) bond motifs is 1. The van der Waals surface area contributed by atoms with Gasteiger partial charge in [0, 0.05) is 5.39 Å². The molecule has 0 radical (unpaired) electrons. The van der Waals surface area contributed by atoms with Crippen LogP contribution in [0.15, 0.2) is 59.4 Å². The predicted octanol–water partition coefficient (Wildman–Crippen LogP) is 2.97. The molecule has 0 amide bonds. The summed E-state index contributed by atoms with van der Waals surface area (Å²) in [6.45, 7) is 0. The zero-order chi connectivity index (χ0) is 14.8. The van der Waals surface area contributed by atoms with Crippen molar-refractivity contribution in [2.24, 2.45) is 0 Å². The average molecular weight is 280 g/mol. The number of rotatable bonds is 3. The van der Waals surface area contributed by atoms with Crippen LogP contribution in [0.2, 0.25) is 0 Å². The third-order valence-electron chi connectivity index (χ3n) is 3.18. The van der Waals surface area contributed by atoms with E-state index in [0.717, 1.165) is 5.39 Å². The first-order valence-corrected chi connectivity index (χ1v) is 6.36. The number of hydrogen-bond acceptors (Lipinski definition) is 3. The Kier molecular flexibility index (Phi) is 3.16. The molecule has 0 bridgehead atoms. The van der Waals surface area contributed by atoms with E-state index in [-0.39, 0.29) is 11.1 Å². The van der Waals surface area contributed by atoms with Crippen molar-refractivity contribution in [3.63, 3.8) is 0 Å². The fourth-order valence-corrected chi connectivity index (χ4v) is 2.20. The lowest BCUT2D eigenvalue weighted by atomic mass is 10.1. The number of aromatic amines is 1. The molecular formula is C16H12N2O3. The smallest absolute Gasteiger partial charge is 0.337 e. The molecule has 1 aromatic heterocycles. The van der Waals surface area contributed by atoms with Gasteiger partial charge in [-0.15, -0.1) is 0 Å². The highest BCUT2D eigenvalue weighted by atomic mass is 16.4. The van der Waals surface area contributed by atoms with Gasteiger partial charge in [-0.05, 0) is 29.7 Å². The SMILES string of the molecule is O=C(O)c1ccccc1Nc1cc2ccccc2c(=O)[nH]1. The molecule has 2 aromatic carbocycles. The minimum atomic E-state index is -1.03. The van der Waals surface area contributed by atoms with Gasteiger partial charge in [0.05, 0.1) is 11.3 Å². The number of aromatic nitrogens is 1. The molecule has 0 fully saturated rings. The van der Waals surface area contributed by atoms with Gasteiger partial charge in [-0.2, -0.15) is 0 Å². The number of H-pyrrole nitrogens is 1. The highest BCUT2D eigenvalue weighted by Gasteiger charge is 2.10. The maximum atomic E-state index is 12.0. The van der Waals surface area contributed by atoms with Crippen LogP contribution < -0.4 is 10.9 Å². The fourth-order valence-electron chi connectivity index (χ4n) is 2.20. The molecule has 0 aliphatic rings. The molecule has 3 rings (SSSR count). The number of hydrogen-bond donors (Lipinski definition) is 3. The Morgan fingerprint density at radius 3 is 2.57 bits per heavy atom. The van der Waals surface area contributed by atoms with Gasteiger partial charge in [-0.3, -0.25) is 4.79 Å². The van der Waals surface area contributed by atoms with Crippen LogP contribution >= 0.6 is 0 Å². The van der Waals surface area contributed by atoms with Crippen LogP contribution in [0, 0.1) is 0 Å². The maximum Gasteiger partial charge on any atom is 0.337 e. The molecule has 3 N–H and O–H groups in total. The van der Waals surface area contributed by atoms with Crippen LogP contribution in [-0.2, 0) is 0 Å². The van der Waals surface area contributed by atoms with E-state index in [1.165, 1.54) is 6.07 Å². The van der Waals surface area contributed by atoms with Crippen LogP contribution in [0.4, 0.5) is 11.5 Å². The van der Waals surface area contributed by atoms with Gasteiger partial charge in [0.25, 0.3) is 5.56 Å². The number of para-hydroxylation sites is 1. The minimum Gasteiger partial charge on any atom is -0.478 e. The summed E-state index contributed by atoms with van der Waals surface area (Å²) in [4.78, 5) is 25.9. The van der Waals surface area contributed by atoms with Gasteiger partial charge in [-0.1, -0.05) is 30.3 Å². The van der Waals surface area contributed by atoms with Crippen molar-refractivity contribution in [1.29, 1.82) is 0 Å². The number of carboxylic acids is 1. The number of aromatic carboxylic acids is 1. The van der Waals surface area contributed by atoms with Crippen LogP contribution in [0.1, 0.15) is 10.4 Å². The number of benzene rings is 2. The molecular weight excluding hydrogens is 268 g/mol. The van der Waals surface area contributed by atoms with Gasteiger partial charge in [0.15, 0.2) is 0 Å².